The third kappa shape index (κ3) is 5.78. The minimum Gasteiger partial charge on any atom is -0.399 e. The maximum absolute atomic E-state index is 5.76. The molecular weight excluding hydrogens is 348 g/mol. The molecule has 0 bridgehead atoms. The first-order valence-corrected chi connectivity index (χ1v) is 10.3. The molecule has 2 aromatic rings. The van der Waals surface area contributed by atoms with Gasteiger partial charge < -0.3 is 26.6 Å². The zero-order chi connectivity index (χ0) is 19.8. The third-order valence-electron chi connectivity index (χ3n) is 5.95. The summed E-state index contributed by atoms with van der Waals surface area (Å²) in [5, 5.41) is 7.03. The molecule has 2 aromatic carbocycles. The number of nitrogen functional groups attached to an aromatic ring is 2. The molecule has 0 radical (unpaired) electrons. The van der Waals surface area contributed by atoms with Crippen LogP contribution in [0.5, 0.6) is 0 Å². The van der Waals surface area contributed by atoms with Gasteiger partial charge in [-0.2, -0.15) is 0 Å². The van der Waals surface area contributed by atoms with Crippen molar-refractivity contribution in [2.24, 2.45) is 0 Å². The predicted molar refractivity (Wildman–Crippen MR) is 121 cm³/mol. The van der Waals surface area contributed by atoms with Gasteiger partial charge in [-0.05, 0) is 55.5 Å². The number of hydrogen-bond acceptors (Lipinski definition) is 5. The van der Waals surface area contributed by atoms with Gasteiger partial charge in [0.05, 0.1) is 32.7 Å². The zero-order valence-corrected chi connectivity index (χ0v) is 17.0. The summed E-state index contributed by atoms with van der Waals surface area (Å²) in [7, 11) is 0. The van der Waals surface area contributed by atoms with E-state index in [-0.39, 0.29) is 0 Å². The largest absolute Gasteiger partial charge is 0.399 e. The summed E-state index contributed by atoms with van der Waals surface area (Å²) in [5.74, 6) is 0. The smallest absolute Gasteiger partial charge is 0.0962 e. The summed E-state index contributed by atoms with van der Waals surface area (Å²) < 4.78 is 1.20. The second-order valence-corrected chi connectivity index (χ2v) is 7.77. The molecule has 0 saturated carbocycles. The Morgan fingerprint density at radius 2 is 1.32 bits per heavy atom. The van der Waals surface area contributed by atoms with Crippen LogP contribution in [0.2, 0.25) is 0 Å². The van der Waals surface area contributed by atoms with Crippen LogP contribution >= 0.6 is 0 Å². The van der Waals surface area contributed by atoms with E-state index in [4.69, 9.17) is 11.5 Å². The van der Waals surface area contributed by atoms with Crippen molar-refractivity contribution >= 4 is 22.7 Å². The maximum Gasteiger partial charge on any atom is 0.0962 e. The first-order valence-electron chi connectivity index (χ1n) is 10.3. The van der Waals surface area contributed by atoms with Crippen LogP contribution in [0.3, 0.4) is 0 Å². The van der Waals surface area contributed by atoms with Crippen molar-refractivity contribution < 1.29 is 4.48 Å². The average molecular weight is 384 g/mol. The van der Waals surface area contributed by atoms with E-state index in [0.717, 1.165) is 42.4 Å². The van der Waals surface area contributed by atoms with E-state index in [2.05, 4.69) is 34.6 Å². The first kappa shape index (κ1) is 20.3. The normalized spacial score (nSPS) is 16.6. The number of anilines is 4. The molecule has 0 amide bonds. The predicted octanol–water partition coefficient (Wildman–Crippen LogP) is 2.53. The van der Waals surface area contributed by atoms with Gasteiger partial charge in [-0.3, -0.25) is 4.90 Å². The fourth-order valence-corrected chi connectivity index (χ4v) is 3.85. The van der Waals surface area contributed by atoms with Gasteiger partial charge in [0, 0.05) is 48.9 Å². The van der Waals surface area contributed by atoms with Crippen molar-refractivity contribution in [2.75, 3.05) is 81.0 Å². The average Bonchev–Trinajstić information content (AvgIpc) is 2.72. The van der Waals surface area contributed by atoms with E-state index < -0.39 is 0 Å². The van der Waals surface area contributed by atoms with Gasteiger partial charge >= 0.3 is 0 Å². The van der Waals surface area contributed by atoms with Gasteiger partial charge in [-0.15, -0.1) is 0 Å². The van der Waals surface area contributed by atoms with Crippen LogP contribution in [-0.4, -0.2) is 68.3 Å². The lowest BCUT2D eigenvalue weighted by molar-refractivity contribution is -0.928. The lowest BCUT2D eigenvalue weighted by Crippen LogP contribution is -2.61. The van der Waals surface area contributed by atoms with Crippen LogP contribution in [0, 0.1) is 0 Å². The van der Waals surface area contributed by atoms with Crippen molar-refractivity contribution in [3.05, 3.63) is 48.5 Å². The standard InChI is InChI=1S/C22H35N6/c1-2-28(16-12-26-22-9-5-20(24)6-10-22)17-14-27(15-18-28)13-11-25-21-7-3-19(23)4-8-21/h3-10,25-26H,2,11-18,23-24H2,1H3/q+1. The van der Waals surface area contributed by atoms with Gasteiger partial charge in [-0.25, -0.2) is 0 Å². The Balaban J connectivity index is 1.37. The van der Waals surface area contributed by atoms with Gasteiger partial charge in [0.25, 0.3) is 0 Å². The van der Waals surface area contributed by atoms with E-state index >= 15 is 0 Å². The number of piperazine rings is 1. The Bertz CT molecular complexity index is 705. The summed E-state index contributed by atoms with van der Waals surface area (Å²) in [4.78, 5) is 2.57. The van der Waals surface area contributed by atoms with E-state index in [9.17, 15) is 0 Å². The van der Waals surface area contributed by atoms with Crippen molar-refractivity contribution in [1.29, 1.82) is 0 Å². The summed E-state index contributed by atoms with van der Waals surface area (Å²) in [5.41, 5.74) is 15.4. The highest BCUT2D eigenvalue weighted by Gasteiger charge is 2.30. The van der Waals surface area contributed by atoms with Crippen molar-refractivity contribution in [3.63, 3.8) is 0 Å². The van der Waals surface area contributed by atoms with Crippen LogP contribution in [-0.2, 0) is 0 Å². The lowest BCUT2D eigenvalue weighted by atomic mass is 10.2. The van der Waals surface area contributed by atoms with Crippen LogP contribution in [0.1, 0.15) is 6.92 Å². The summed E-state index contributed by atoms with van der Waals surface area (Å²) in [6.45, 7) is 12.5. The van der Waals surface area contributed by atoms with E-state index in [1.165, 1.54) is 43.8 Å². The molecular formula is C22H35N6+. The minimum atomic E-state index is 0.807. The van der Waals surface area contributed by atoms with Crippen molar-refractivity contribution in [3.8, 4) is 0 Å². The number of likely N-dealkylation sites (N-methyl/N-ethyl adjacent to an activating group) is 1. The van der Waals surface area contributed by atoms with Crippen molar-refractivity contribution in [1.82, 2.24) is 4.90 Å². The summed E-state index contributed by atoms with van der Waals surface area (Å²) in [6, 6.07) is 16.0. The molecule has 1 fully saturated rings. The Morgan fingerprint density at radius 1 is 0.821 bits per heavy atom. The molecule has 0 aromatic heterocycles. The molecule has 6 N–H and O–H groups in total. The highest BCUT2D eigenvalue weighted by Crippen LogP contribution is 2.15. The topological polar surface area (TPSA) is 79.3 Å². The monoisotopic (exact) mass is 383 g/mol. The van der Waals surface area contributed by atoms with Gasteiger partial charge in [-0.1, -0.05) is 0 Å². The zero-order valence-electron chi connectivity index (χ0n) is 17.0. The van der Waals surface area contributed by atoms with E-state index in [1.807, 2.05) is 36.4 Å². The molecule has 1 saturated heterocycles. The number of rotatable bonds is 9. The molecule has 1 aliphatic rings. The number of nitrogens with one attached hydrogen (secondary N) is 2. The van der Waals surface area contributed by atoms with Crippen LogP contribution < -0.4 is 22.1 Å². The molecule has 0 atom stereocenters. The van der Waals surface area contributed by atoms with E-state index in [0.29, 0.717) is 0 Å². The number of nitrogens with zero attached hydrogens (tertiary/aromatic N) is 2. The maximum atomic E-state index is 5.76. The molecule has 6 nitrogen and oxygen atoms in total. The minimum absolute atomic E-state index is 0.807. The van der Waals surface area contributed by atoms with Crippen molar-refractivity contribution in [2.45, 2.75) is 6.92 Å². The second kappa shape index (κ2) is 9.66. The fourth-order valence-electron chi connectivity index (χ4n) is 3.85. The Hall–Kier alpha value is -2.44. The number of quaternary nitrogens is 1. The summed E-state index contributed by atoms with van der Waals surface area (Å²) in [6.07, 6.45) is 0. The molecule has 1 heterocycles. The Kier molecular flexibility index (Phi) is 7.01. The highest BCUT2D eigenvalue weighted by atomic mass is 15.4. The second-order valence-electron chi connectivity index (χ2n) is 7.77. The molecule has 0 aliphatic carbocycles. The van der Waals surface area contributed by atoms with Crippen LogP contribution in [0.4, 0.5) is 22.7 Å². The fraction of sp³-hybridized carbons (Fsp3) is 0.455. The molecule has 28 heavy (non-hydrogen) atoms. The van der Waals surface area contributed by atoms with Crippen LogP contribution in [0.25, 0.3) is 0 Å². The first-order chi connectivity index (χ1) is 13.6. The quantitative estimate of drug-likeness (QED) is 0.395. The SMILES string of the molecule is CC[N+]1(CCNc2ccc(N)cc2)CCN(CCNc2ccc(N)cc2)CC1. The number of hydrogen-bond donors (Lipinski definition) is 4. The molecule has 6 heteroatoms. The van der Waals surface area contributed by atoms with Gasteiger partial charge in [0.1, 0.15) is 0 Å². The molecule has 0 spiro atoms. The molecule has 152 valence electrons. The summed E-state index contributed by atoms with van der Waals surface area (Å²) >= 11 is 0. The van der Waals surface area contributed by atoms with Gasteiger partial charge in [0.15, 0.2) is 0 Å². The van der Waals surface area contributed by atoms with Gasteiger partial charge in [0.2, 0.25) is 0 Å². The molecule has 0 unspecified atom stereocenters. The molecule has 1 aliphatic heterocycles. The lowest BCUT2D eigenvalue weighted by Gasteiger charge is -2.44. The highest BCUT2D eigenvalue weighted by molar-refractivity contribution is 5.51. The number of benzene rings is 2. The Morgan fingerprint density at radius 3 is 1.82 bits per heavy atom. The third-order valence-corrected chi connectivity index (χ3v) is 5.95. The molecule has 3 rings (SSSR count). The van der Waals surface area contributed by atoms with Crippen LogP contribution in [0.15, 0.2) is 48.5 Å². The number of nitrogens with two attached hydrogens (primary N) is 2. The van der Waals surface area contributed by atoms with E-state index in [1.54, 1.807) is 0 Å². The Labute approximate surface area is 169 Å².